The van der Waals surface area contributed by atoms with Gasteiger partial charge in [0.1, 0.15) is 0 Å². The zero-order valence-electron chi connectivity index (χ0n) is 13.5. The zero-order valence-corrected chi connectivity index (χ0v) is 13.5. The van der Waals surface area contributed by atoms with Crippen LogP contribution in [0.3, 0.4) is 0 Å². The van der Waals surface area contributed by atoms with E-state index in [0.29, 0.717) is 19.1 Å². The summed E-state index contributed by atoms with van der Waals surface area (Å²) in [6, 6.07) is 1.84. The summed E-state index contributed by atoms with van der Waals surface area (Å²) in [6.07, 6.45) is 4.76. The molecule has 0 aromatic carbocycles. The molecule has 2 heterocycles. The first-order chi connectivity index (χ1) is 10.4. The fraction of sp³-hybridized carbons (Fsp3) is 0.562. The monoisotopic (exact) mass is 304 g/mol. The third-order valence-electron chi connectivity index (χ3n) is 4.22. The predicted octanol–water partition coefficient (Wildman–Crippen LogP) is 1.44. The molecule has 0 bridgehead atoms. The molecular weight excluding hydrogens is 280 g/mol. The lowest BCUT2D eigenvalue weighted by Crippen LogP contribution is -2.43. The summed E-state index contributed by atoms with van der Waals surface area (Å²) in [5, 5.41) is 4.32. The molecule has 1 amide bonds. The van der Waals surface area contributed by atoms with Crippen LogP contribution in [0.15, 0.2) is 29.7 Å². The second-order valence-corrected chi connectivity index (χ2v) is 5.99. The Morgan fingerprint density at radius 1 is 1.55 bits per heavy atom. The number of piperidine rings is 1. The topological polar surface area (TPSA) is 58.4 Å². The summed E-state index contributed by atoms with van der Waals surface area (Å²) in [5.74, 6) is -0.0890. The van der Waals surface area contributed by atoms with E-state index in [1.54, 1.807) is 17.2 Å². The van der Waals surface area contributed by atoms with E-state index < -0.39 is 0 Å². The van der Waals surface area contributed by atoms with Crippen LogP contribution in [-0.4, -0.2) is 46.8 Å². The van der Waals surface area contributed by atoms with Gasteiger partial charge in [-0.05, 0) is 32.8 Å². The van der Waals surface area contributed by atoms with Gasteiger partial charge in [0.2, 0.25) is 5.91 Å². The molecule has 2 rings (SSSR count). The van der Waals surface area contributed by atoms with Gasteiger partial charge in [-0.2, -0.15) is 5.10 Å². The number of likely N-dealkylation sites (tertiary alicyclic amines) is 1. The van der Waals surface area contributed by atoms with Crippen molar-refractivity contribution in [1.82, 2.24) is 14.7 Å². The lowest BCUT2D eigenvalue weighted by Gasteiger charge is -2.32. The fourth-order valence-electron chi connectivity index (χ4n) is 2.66. The fourth-order valence-corrected chi connectivity index (χ4v) is 2.66. The Labute approximate surface area is 131 Å². The van der Waals surface area contributed by atoms with E-state index in [1.165, 1.54) is 10.8 Å². The van der Waals surface area contributed by atoms with Crippen LogP contribution in [0.4, 0.5) is 5.69 Å². The van der Waals surface area contributed by atoms with Crippen LogP contribution >= 0.6 is 0 Å². The minimum absolute atomic E-state index is 0.0662. The van der Waals surface area contributed by atoms with Gasteiger partial charge in [-0.1, -0.05) is 6.58 Å². The molecule has 0 saturated carbocycles. The van der Waals surface area contributed by atoms with E-state index in [1.807, 2.05) is 11.9 Å². The number of rotatable bonds is 4. The summed E-state index contributed by atoms with van der Waals surface area (Å²) >= 11 is 0. The molecule has 1 aliphatic rings. The van der Waals surface area contributed by atoms with Crippen molar-refractivity contribution in [2.45, 2.75) is 38.8 Å². The maximum atomic E-state index is 12.4. The van der Waals surface area contributed by atoms with Crippen molar-refractivity contribution in [2.75, 3.05) is 25.0 Å². The number of hydrogen-bond acceptors (Lipinski definition) is 4. The summed E-state index contributed by atoms with van der Waals surface area (Å²) in [4.78, 5) is 27.8. The molecule has 1 fully saturated rings. The number of anilines is 1. The van der Waals surface area contributed by atoms with Crippen molar-refractivity contribution in [1.29, 1.82) is 0 Å². The van der Waals surface area contributed by atoms with Crippen molar-refractivity contribution in [2.24, 2.45) is 0 Å². The largest absolute Gasteiger partial charge is 0.371 e. The highest BCUT2D eigenvalue weighted by atomic mass is 16.2. The third kappa shape index (κ3) is 3.37. The summed E-state index contributed by atoms with van der Waals surface area (Å²) < 4.78 is 1.50. The van der Waals surface area contributed by atoms with Gasteiger partial charge in [0.15, 0.2) is 0 Å². The Balaban J connectivity index is 2.20. The third-order valence-corrected chi connectivity index (χ3v) is 4.22. The minimum Gasteiger partial charge on any atom is -0.371 e. The maximum Gasteiger partial charge on any atom is 0.269 e. The maximum absolute atomic E-state index is 12.4. The first-order valence-corrected chi connectivity index (χ1v) is 7.67. The molecule has 1 atom stereocenters. The molecule has 120 valence electrons. The van der Waals surface area contributed by atoms with Gasteiger partial charge in [0.05, 0.1) is 17.9 Å². The highest BCUT2D eigenvalue weighted by Crippen LogP contribution is 2.20. The van der Waals surface area contributed by atoms with E-state index in [9.17, 15) is 9.59 Å². The van der Waals surface area contributed by atoms with Crippen LogP contribution < -0.4 is 10.5 Å². The second-order valence-electron chi connectivity index (χ2n) is 5.99. The van der Waals surface area contributed by atoms with E-state index in [2.05, 4.69) is 25.5 Å². The van der Waals surface area contributed by atoms with Crippen molar-refractivity contribution in [3.8, 4) is 0 Å². The summed E-state index contributed by atoms with van der Waals surface area (Å²) in [7, 11) is 1.94. The zero-order chi connectivity index (χ0) is 16.3. The van der Waals surface area contributed by atoms with Gasteiger partial charge in [-0.25, -0.2) is 4.68 Å². The minimum atomic E-state index is -0.122. The Hall–Kier alpha value is -2.11. The molecule has 0 N–H and O–H groups in total. The standard InChI is InChI=1S/C16H24N4O2/c1-5-15(21)19-8-6-7-13(11-19)20-16(22)9-14(10-17-20)18(4)12(2)3/h5,9-10,12-13H,1,6-8,11H2,2-4H3/t13-/m0/s1. The first kappa shape index (κ1) is 16.3. The summed E-state index contributed by atoms with van der Waals surface area (Å²) in [6.45, 7) is 8.86. The van der Waals surface area contributed by atoms with Gasteiger partial charge in [0, 0.05) is 32.2 Å². The molecule has 1 aromatic heterocycles. The number of nitrogens with zero attached hydrogens (tertiary/aromatic N) is 4. The molecule has 0 unspecified atom stereocenters. The average molecular weight is 304 g/mol. The molecule has 0 aliphatic carbocycles. The quantitative estimate of drug-likeness (QED) is 0.790. The molecule has 1 saturated heterocycles. The number of aromatic nitrogens is 2. The van der Waals surface area contributed by atoms with Crippen LogP contribution in [0.5, 0.6) is 0 Å². The van der Waals surface area contributed by atoms with Crippen LogP contribution in [0.1, 0.15) is 32.7 Å². The second kappa shape index (κ2) is 6.77. The molecule has 0 radical (unpaired) electrons. The predicted molar refractivity (Wildman–Crippen MR) is 87.1 cm³/mol. The lowest BCUT2D eigenvalue weighted by molar-refractivity contribution is -0.127. The Morgan fingerprint density at radius 3 is 2.86 bits per heavy atom. The van der Waals surface area contributed by atoms with E-state index in [4.69, 9.17) is 0 Å². The highest BCUT2D eigenvalue weighted by Gasteiger charge is 2.25. The lowest BCUT2D eigenvalue weighted by atomic mass is 10.1. The molecule has 6 nitrogen and oxygen atoms in total. The Morgan fingerprint density at radius 2 is 2.27 bits per heavy atom. The van der Waals surface area contributed by atoms with Gasteiger partial charge < -0.3 is 9.80 Å². The van der Waals surface area contributed by atoms with Crippen LogP contribution in [0.25, 0.3) is 0 Å². The first-order valence-electron chi connectivity index (χ1n) is 7.67. The SMILES string of the molecule is C=CC(=O)N1CCC[C@H](n2ncc(N(C)C(C)C)cc2=O)C1. The van der Waals surface area contributed by atoms with Gasteiger partial charge in [-0.3, -0.25) is 9.59 Å². The smallest absolute Gasteiger partial charge is 0.269 e. The highest BCUT2D eigenvalue weighted by molar-refractivity contribution is 5.87. The molecule has 1 aromatic rings. The number of carbonyl (C=O) groups excluding carboxylic acids is 1. The van der Waals surface area contributed by atoms with E-state index >= 15 is 0 Å². The van der Waals surface area contributed by atoms with Crippen molar-refractivity contribution in [3.05, 3.63) is 35.3 Å². The van der Waals surface area contributed by atoms with Crippen molar-refractivity contribution < 1.29 is 4.79 Å². The molecule has 22 heavy (non-hydrogen) atoms. The Bertz CT molecular complexity index is 608. The number of hydrogen-bond donors (Lipinski definition) is 0. The van der Waals surface area contributed by atoms with Crippen LogP contribution in [-0.2, 0) is 4.79 Å². The average Bonchev–Trinajstić information content (AvgIpc) is 2.53. The molecule has 6 heteroatoms. The van der Waals surface area contributed by atoms with Gasteiger partial charge in [0.25, 0.3) is 5.56 Å². The summed E-state index contributed by atoms with van der Waals surface area (Å²) in [5.41, 5.74) is 0.689. The van der Waals surface area contributed by atoms with Crippen molar-refractivity contribution in [3.63, 3.8) is 0 Å². The van der Waals surface area contributed by atoms with E-state index in [0.717, 1.165) is 18.5 Å². The van der Waals surface area contributed by atoms with Gasteiger partial charge >= 0.3 is 0 Å². The number of amides is 1. The molecular formula is C16H24N4O2. The molecule has 1 aliphatic heterocycles. The van der Waals surface area contributed by atoms with Crippen LogP contribution in [0, 0.1) is 0 Å². The Kier molecular flexibility index (Phi) is 5.00. The van der Waals surface area contributed by atoms with Crippen molar-refractivity contribution >= 4 is 11.6 Å². The normalized spacial score (nSPS) is 18.4. The van der Waals surface area contributed by atoms with Crippen LogP contribution in [0.2, 0.25) is 0 Å². The molecule has 0 spiro atoms. The van der Waals surface area contributed by atoms with E-state index in [-0.39, 0.29) is 17.5 Å². The number of carbonyl (C=O) groups is 1. The van der Waals surface area contributed by atoms with Gasteiger partial charge in [-0.15, -0.1) is 0 Å².